The van der Waals surface area contributed by atoms with E-state index in [0.717, 1.165) is 4.57 Å². The molecule has 10 nitrogen and oxygen atoms in total. The second-order valence-electron chi connectivity index (χ2n) is 7.70. The number of aromatic nitrogens is 2. The molecule has 2 aliphatic rings. The van der Waals surface area contributed by atoms with Gasteiger partial charge in [0.2, 0.25) is 19.5 Å². The number of nitrogens with zero attached hydrogens (tertiary/aromatic N) is 2. The molecule has 2 aromatic carbocycles. The third kappa shape index (κ3) is 3.46. The van der Waals surface area contributed by atoms with Crippen LogP contribution < -0.4 is 35.5 Å². The first kappa shape index (κ1) is 20.4. The normalized spacial score (nSPS) is 13.4. The summed E-state index contributed by atoms with van der Waals surface area (Å²) in [7, 11) is 0. The van der Waals surface area contributed by atoms with Crippen LogP contribution in [0, 0.1) is 0 Å². The van der Waals surface area contributed by atoms with Crippen molar-refractivity contribution in [2.24, 2.45) is 0 Å². The fraction of sp³-hybridized carbons (Fsp3) is 0.174. The highest BCUT2D eigenvalue weighted by Gasteiger charge is 2.19. The number of rotatable bonds is 5. The maximum absolute atomic E-state index is 13.3. The lowest BCUT2D eigenvalue weighted by Crippen LogP contribution is -2.41. The highest BCUT2D eigenvalue weighted by Crippen LogP contribution is 2.34. The van der Waals surface area contributed by atoms with E-state index in [1.807, 2.05) is 0 Å². The largest absolute Gasteiger partial charge is 0.454 e. The molecule has 0 aliphatic carbocycles. The molecule has 0 saturated carbocycles. The van der Waals surface area contributed by atoms with Crippen LogP contribution in [0.1, 0.15) is 5.56 Å². The number of benzene rings is 2. The van der Waals surface area contributed by atoms with Gasteiger partial charge in [0, 0.05) is 11.8 Å². The van der Waals surface area contributed by atoms with Crippen LogP contribution >= 0.6 is 11.3 Å². The summed E-state index contributed by atoms with van der Waals surface area (Å²) < 4.78 is 24.2. The van der Waals surface area contributed by atoms with Gasteiger partial charge in [-0.2, -0.15) is 0 Å². The number of hydrogen-bond acceptors (Lipinski definition) is 8. The van der Waals surface area contributed by atoms with E-state index < -0.39 is 17.2 Å². The Bertz CT molecular complexity index is 1570. The minimum Gasteiger partial charge on any atom is -0.454 e. The van der Waals surface area contributed by atoms with Gasteiger partial charge in [0.25, 0.3) is 5.56 Å². The Morgan fingerprint density at radius 2 is 1.59 bits per heavy atom. The number of amides is 1. The summed E-state index contributed by atoms with van der Waals surface area (Å²) in [6.07, 6.45) is 0. The van der Waals surface area contributed by atoms with Crippen LogP contribution in [0.25, 0.3) is 10.2 Å². The van der Waals surface area contributed by atoms with Crippen molar-refractivity contribution in [2.75, 3.05) is 18.9 Å². The highest BCUT2D eigenvalue weighted by atomic mass is 32.1. The molecule has 0 atom stereocenters. The predicted molar refractivity (Wildman–Crippen MR) is 123 cm³/mol. The fourth-order valence-electron chi connectivity index (χ4n) is 3.97. The maximum atomic E-state index is 13.3. The fourth-order valence-corrected chi connectivity index (χ4v) is 4.81. The Morgan fingerprint density at radius 1 is 0.882 bits per heavy atom. The molecular weight excluding hydrogens is 462 g/mol. The summed E-state index contributed by atoms with van der Waals surface area (Å²) in [6, 6.07) is 12.0. The molecule has 4 heterocycles. The molecule has 1 amide bonds. The molecule has 11 heteroatoms. The molecule has 4 aromatic rings. The van der Waals surface area contributed by atoms with Crippen molar-refractivity contribution < 1.29 is 23.7 Å². The smallest absolute Gasteiger partial charge is 0.332 e. The summed E-state index contributed by atoms with van der Waals surface area (Å²) in [4.78, 5) is 39.2. The van der Waals surface area contributed by atoms with Crippen molar-refractivity contribution >= 4 is 33.1 Å². The third-order valence-corrected chi connectivity index (χ3v) is 6.46. The maximum Gasteiger partial charge on any atom is 0.332 e. The minimum absolute atomic E-state index is 0.0337. The van der Waals surface area contributed by atoms with Crippen molar-refractivity contribution in [3.8, 4) is 23.0 Å². The van der Waals surface area contributed by atoms with Crippen molar-refractivity contribution in [3.05, 3.63) is 74.2 Å². The first-order valence-corrected chi connectivity index (χ1v) is 11.2. The molecule has 0 bridgehead atoms. The van der Waals surface area contributed by atoms with Crippen LogP contribution in [0.2, 0.25) is 0 Å². The Hall–Kier alpha value is -4.25. The summed E-state index contributed by atoms with van der Waals surface area (Å²) >= 11 is 1.23. The standard InChI is InChI=1S/C23H17N3O7S/c27-20(24-14-2-4-17-19(8-14)33-12-31-17)10-25-15-5-6-34-21(15)22(28)26(23(25)29)9-13-1-3-16-18(7-13)32-11-30-16/h1-8H,9-12H2,(H,24,27). The zero-order valence-corrected chi connectivity index (χ0v) is 18.4. The molecule has 0 saturated heterocycles. The van der Waals surface area contributed by atoms with Gasteiger partial charge in [-0.05, 0) is 41.3 Å². The van der Waals surface area contributed by atoms with E-state index in [-0.39, 0.29) is 26.7 Å². The number of fused-ring (bicyclic) bond motifs is 3. The summed E-state index contributed by atoms with van der Waals surface area (Å²) in [5.41, 5.74) is 0.658. The summed E-state index contributed by atoms with van der Waals surface area (Å²) in [6.45, 7) is 0.0300. The lowest BCUT2D eigenvalue weighted by Gasteiger charge is -2.13. The number of thiophene rings is 1. The molecule has 2 aromatic heterocycles. The zero-order valence-electron chi connectivity index (χ0n) is 17.6. The molecule has 0 fully saturated rings. The Labute approximate surface area is 195 Å². The quantitative estimate of drug-likeness (QED) is 0.468. The monoisotopic (exact) mass is 479 g/mol. The highest BCUT2D eigenvalue weighted by molar-refractivity contribution is 7.17. The molecule has 2 aliphatic heterocycles. The average Bonchev–Trinajstić information content (AvgIpc) is 3.59. The van der Waals surface area contributed by atoms with Gasteiger partial charge in [0.15, 0.2) is 23.0 Å². The minimum atomic E-state index is -0.575. The number of anilines is 1. The van der Waals surface area contributed by atoms with Gasteiger partial charge < -0.3 is 24.3 Å². The van der Waals surface area contributed by atoms with Crippen LogP contribution in [-0.2, 0) is 17.9 Å². The SMILES string of the molecule is O=C(Cn1c(=O)n(Cc2ccc3c(c2)OCO3)c(=O)c2sccc21)Nc1ccc2c(c1)OCO2. The lowest BCUT2D eigenvalue weighted by molar-refractivity contribution is -0.116. The van der Waals surface area contributed by atoms with Crippen LogP contribution in [0.3, 0.4) is 0 Å². The molecule has 1 N–H and O–H groups in total. The zero-order chi connectivity index (χ0) is 23.2. The van der Waals surface area contributed by atoms with Crippen molar-refractivity contribution in [3.63, 3.8) is 0 Å². The van der Waals surface area contributed by atoms with Crippen molar-refractivity contribution in [1.29, 1.82) is 0 Å². The van der Waals surface area contributed by atoms with Gasteiger partial charge in [-0.1, -0.05) is 6.07 Å². The molecule has 0 unspecified atom stereocenters. The van der Waals surface area contributed by atoms with Gasteiger partial charge in [-0.15, -0.1) is 11.3 Å². The number of ether oxygens (including phenoxy) is 4. The van der Waals surface area contributed by atoms with E-state index in [0.29, 0.717) is 44.5 Å². The van der Waals surface area contributed by atoms with Gasteiger partial charge in [-0.25, -0.2) is 4.79 Å². The summed E-state index contributed by atoms with van der Waals surface area (Å²) in [5, 5.41) is 4.49. The first-order valence-electron chi connectivity index (χ1n) is 10.4. The molecular formula is C23H17N3O7S. The topological polar surface area (TPSA) is 110 Å². The lowest BCUT2D eigenvalue weighted by atomic mass is 10.2. The second kappa shape index (κ2) is 7.96. The molecule has 34 heavy (non-hydrogen) atoms. The number of nitrogens with one attached hydrogen (secondary N) is 1. The summed E-state index contributed by atoms with van der Waals surface area (Å²) in [5.74, 6) is 1.90. The van der Waals surface area contributed by atoms with Crippen LogP contribution in [-0.4, -0.2) is 28.6 Å². The Morgan fingerprint density at radius 3 is 2.38 bits per heavy atom. The second-order valence-corrected chi connectivity index (χ2v) is 8.61. The number of carbonyl (C=O) groups excluding carboxylic acids is 1. The van der Waals surface area contributed by atoms with E-state index >= 15 is 0 Å². The van der Waals surface area contributed by atoms with Crippen molar-refractivity contribution in [2.45, 2.75) is 13.1 Å². The molecule has 172 valence electrons. The molecule has 0 radical (unpaired) electrons. The van der Waals surface area contributed by atoms with E-state index in [1.165, 1.54) is 15.9 Å². The van der Waals surface area contributed by atoms with Gasteiger partial charge in [0.05, 0.1) is 12.1 Å². The van der Waals surface area contributed by atoms with Crippen LogP contribution in [0.15, 0.2) is 57.4 Å². The van der Waals surface area contributed by atoms with Crippen LogP contribution in [0.4, 0.5) is 5.69 Å². The van der Waals surface area contributed by atoms with Gasteiger partial charge >= 0.3 is 5.69 Å². The Kier molecular flexibility index (Phi) is 4.77. The van der Waals surface area contributed by atoms with Gasteiger partial charge in [-0.3, -0.25) is 18.7 Å². The third-order valence-electron chi connectivity index (χ3n) is 5.57. The van der Waals surface area contributed by atoms with E-state index in [4.69, 9.17) is 18.9 Å². The predicted octanol–water partition coefficient (Wildman–Crippen LogP) is 2.37. The van der Waals surface area contributed by atoms with E-state index in [2.05, 4.69) is 5.32 Å². The van der Waals surface area contributed by atoms with Crippen molar-refractivity contribution in [1.82, 2.24) is 9.13 Å². The average molecular weight is 479 g/mol. The first-order chi connectivity index (χ1) is 16.6. The molecule has 6 rings (SSSR count). The van der Waals surface area contributed by atoms with E-state index in [9.17, 15) is 14.4 Å². The van der Waals surface area contributed by atoms with Gasteiger partial charge in [0.1, 0.15) is 11.2 Å². The van der Waals surface area contributed by atoms with Crippen LogP contribution in [0.5, 0.6) is 23.0 Å². The Balaban J connectivity index is 1.32. The van der Waals surface area contributed by atoms with E-state index in [1.54, 1.807) is 47.8 Å². The number of hydrogen-bond donors (Lipinski definition) is 1. The molecule has 0 spiro atoms. The number of carbonyl (C=O) groups is 1.